The number of halogens is 4. The lowest BCUT2D eigenvalue weighted by Crippen LogP contribution is -2.23. The molecule has 2 atom stereocenters. The summed E-state index contributed by atoms with van der Waals surface area (Å²) in [5.41, 5.74) is -1.52. The van der Waals surface area contributed by atoms with Gasteiger partial charge < -0.3 is 0 Å². The van der Waals surface area contributed by atoms with Gasteiger partial charge >= 0.3 is 0 Å². The smallest absolute Gasteiger partial charge is 0.234 e. The van der Waals surface area contributed by atoms with Crippen LogP contribution in [-0.2, 0) is 16.4 Å². The van der Waals surface area contributed by atoms with Crippen molar-refractivity contribution in [3.63, 3.8) is 0 Å². The zero-order chi connectivity index (χ0) is 16.1. The predicted octanol–water partition coefficient (Wildman–Crippen LogP) is 4.40. The van der Waals surface area contributed by atoms with Crippen LogP contribution in [0.2, 0.25) is 0 Å². The molecule has 21 heavy (non-hydrogen) atoms. The summed E-state index contributed by atoms with van der Waals surface area (Å²) < 4.78 is 56.4. The van der Waals surface area contributed by atoms with Gasteiger partial charge in [-0.3, -0.25) is 0 Å². The van der Waals surface area contributed by atoms with Crippen molar-refractivity contribution in [3.8, 4) is 0 Å². The topological polar surface area (TPSA) is 29.4 Å². The van der Waals surface area contributed by atoms with Crippen LogP contribution in [0, 0.1) is 5.82 Å². The van der Waals surface area contributed by atoms with Gasteiger partial charge in [-0.2, -0.15) is 4.40 Å². The zero-order valence-electron chi connectivity index (χ0n) is 11.8. The number of benzene rings is 1. The minimum Gasteiger partial charge on any atom is -0.234 e. The molecule has 0 bridgehead atoms. The van der Waals surface area contributed by atoms with E-state index in [1.807, 2.05) is 0 Å². The van der Waals surface area contributed by atoms with Crippen molar-refractivity contribution in [2.45, 2.75) is 43.3 Å². The first-order valence-corrected chi connectivity index (χ1v) is 8.20. The van der Waals surface area contributed by atoms with Crippen molar-refractivity contribution in [1.82, 2.24) is 0 Å². The molecule has 1 fully saturated rings. The second-order valence-electron chi connectivity index (χ2n) is 6.08. The molecule has 2 rings (SSSR count). The van der Waals surface area contributed by atoms with E-state index < -0.39 is 39.3 Å². The zero-order valence-corrected chi connectivity index (χ0v) is 14.2. The molecule has 0 saturated heterocycles. The highest BCUT2D eigenvalue weighted by atomic mass is 79.9. The van der Waals surface area contributed by atoms with E-state index in [4.69, 9.17) is 0 Å². The van der Waals surface area contributed by atoms with Gasteiger partial charge in [0.1, 0.15) is 22.2 Å². The molecule has 116 valence electrons. The van der Waals surface area contributed by atoms with E-state index >= 15 is 0 Å². The Bertz CT molecular complexity index is 627. The van der Waals surface area contributed by atoms with Crippen LogP contribution in [0.25, 0.3) is 0 Å². The molecule has 1 aromatic rings. The van der Waals surface area contributed by atoms with Crippen LogP contribution in [0.1, 0.15) is 32.8 Å². The lowest BCUT2D eigenvalue weighted by atomic mass is 9.96. The van der Waals surface area contributed by atoms with E-state index in [0.29, 0.717) is 0 Å². The summed E-state index contributed by atoms with van der Waals surface area (Å²) in [5, 5.41) is 0. The highest BCUT2D eigenvalue weighted by Gasteiger charge is 2.71. The van der Waals surface area contributed by atoms with Crippen LogP contribution in [0.5, 0.6) is 0 Å². The van der Waals surface area contributed by atoms with E-state index in [2.05, 4.69) is 20.3 Å². The molecule has 1 aliphatic carbocycles. The monoisotopic (exact) mass is 381 g/mol. The summed E-state index contributed by atoms with van der Waals surface area (Å²) in [6.07, 6.45) is 0.572. The fraction of sp³-hybridized carbons (Fsp3) is 0.500. The molecule has 1 saturated carbocycles. The third-order valence-corrected chi connectivity index (χ3v) is 5.34. The highest BCUT2D eigenvalue weighted by Crippen LogP contribution is 2.60. The first-order valence-electron chi connectivity index (χ1n) is 6.30. The van der Waals surface area contributed by atoms with Crippen molar-refractivity contribution in [3.05, 3.63) is 34.1 Å². The number of alkyl halides is 2. The molecule has 0 spiro atoms. The molecule has 2 nitrogen and oxygen atoms in total. The quantitative estimate of drug-likeness (QED) is 0.713. The second kappa shape index (κ2) is 5.19. The van der Waals surface area contributed by atoms with Crippen molar-refractivity contribution < 1.29 is 17.4 Å². The van der Waals surface area contributed by atoms with Gasteiger partial charge in [0.25, 0.3) is 5.92 Å². The molecule has 1 aromatic carbocycles. The number of nitrogens with zero attached hydrogens (tertiary/aromatic N) is 1. The van der Waals surface area contributed by atoms with Gasteiger partial charge in [0.15, 0.2) is 0 Å². The maximum atomic E-state index is 13.8. The first kappa shape index (κ1) is 16.7. The minimum absolute atomic E-state index is 0.142. The van der Waals surface area contributed by atoms with Crippen molar-refractivity contribution >= 4 is 33.1 Å². The standard InChI is InChI=1S/C14H15BrF3NOS/c1-12(2,3)21(20)19-8-13(7-14(13,17)18)9-4-5-10(15)11(16)6-9/h4-6,8H,7H2,1-3H3/t13?,21-/m1/s1. The van der Waals surface area contributed by atoms with Crippen LogP contribution in [0.15, 0.2) is 27.1 Å². The molecule has 0 N–H and O–H groups in total. The van der Waals surface area contributed by atoms with Crippen LogP contribution >= 0.6 is 15.9 Å². The molecule has 0 heterocycles. The fourth-order valence-electron chi connectivity index (χ4n) is 1.90. The average molecular weight is 382 g/mol. The third-order valence-electron chi connectivity index (χ3n) is 3.36. The molecule has 0 aromatic heterocycles. The van der Waals surface area contributed by atoms with Gasteiger partial charge in [0, 0.05) is 12.6 Å². The lowest BCUT2D eigenvalue weighted by molar-refractivity contribution is 0.103. The Hall–Kier alpha value is -0.690. The normalized spacial score (nSPS) is 26.0. The van der Waals surface area contributed by atoms with E-state index in [0.717, 1.165) is 12.3 Å². The molecule has 0 aliphatic heterocycles. The largest absolute Gasteiger partial charge is 0.264 e. The van der Waals surface area contributed by atoms with Crippen LogP contribution in [0.4, 0.5) is 13.2 Å². The Kier molecular flexibility index (Phi) is 4.12. The Morgan fingerprint density at radius 2 is 1.95 bits per heavy atom. The molecule has 1 unspecified atom stereocenters. The van der Waals surface area contributed by atoms with Gasteiger partial charge in [0.05, 0.1) is 9.22 Å². The Labute approximate surface area is 132 Å². The van der Waals surface area contributed by atoms with E-state index in [1.54, 1.807) is 20.8 Å². The van der Waals surface area contributed by atoms with Gasteiger partial charge in [-0.1, -0.05) is 6.07 Å². The maximum Gasteiger partial charge on any atom is 0.264 e. The number of hydrogen-bond acceptors (Lipinski definition) is 1. The number of hydrogen-bond donors (Lipinski definition) is 0. The summed E-state index contributed by atoms with van der Waals surface area (Å²) in [4.78, 5) is 0. The van der Waals surface area contributed by atoms with Crippen LogP contribution in [-0.4, -0.2) is 21.1 Å². The molecular weight excluding hydrogens is 367 g/mol. The van der Waals surface area contributed by atoms with Crippen LogP contribution < -0.4 is 0 Å². The Balaban J connectivity index is 2.38. The first-order chi connectivity index (χ1) is 9.49. The number of rotatable bonds is 3. The predicted molar refractivity (Wildman–Crippen MR) is 81.7 cm³/mol. The Morgan fingerprint density at radius 1 is 1.38 bits per heavy atom. The van der Waals surface area contributed by atoms with E-state index in [1.165, 1.54) is 12.1 Å². The summed E-state index contributed by atoms with van der Waals surface area (Å²) in [7, 11) is -1.63. The summed E-state index contributed by atoms with van der Waals surface area (Å²) in [6, 6.07) is 3.88. The van der Waals surface area contributed by atoms with Gasteiger partial charge in [-0.05, 0) is 54.4 Å². The SMILES string of the molecule is CC(C)(C)[S@@](=O)N=CC1(c2ccc(Br)c(F)c2)CC1(F)F. The average Bonchev–Trinajstić information content (AvgIpc) is 2.92. The highest BCUT2D eigenvalue weighted by molar-refractivity contribution is 9.10. The van der Waals surface area contributed by atoms with Gasteiger partial charge in [0.2, 0.25) is 0 Å². The molecule has 0 radical (unpaired) electrons. The second-order valence-corrected chi connectivity index (χ2v) is 8.87. The van der Waals surface area contributed by atoms with Crippen molar-refractivity contribution in [2.24, 2.45) is 4.40 Å². The summed E-state index contributed by atoms with van der Waals surface area (Å²) >= 11 is 2.99. The maximum absolute atomic E-state index is 13.8. The lowest BCUT2D eigenvalue weighted by Gasteiger charge is -2.15. The minimum atomic E-state index is -3.00. The fourth-order valence-corrected chi connectivity index (χ4v) is 2.74. The molecule has 7 heteroatoms. The van der Waals surface area contributed by atoms with Gasteiger partial charge in [-0.15, -0.1) is 0 Å². The Morgan fingerprint density at radius 3 is 2.38 bits per heavy atom. The summed E-state index contributed by atoms with van der Waals surface area (Å²) in [6.45, 7) is 5.12. The van der Waals surface area contributed by atoms with Crippen molar-refractivity contribution in [1.29, 1.82) is 0 Å². The third kappa shape index (κ3) is 3.08. The molecular formula is C14H15BrF3NOS. The van der Waals surface area contributed by atoms with E-state index in [-0.39, 0.29) is 10.0 Å². The molecule has 0 amide bonds. The molecule has 1 aliphatic rings. The van der Waals surface area contributed by atoms with Gasteiger partial charge in [-0.25, -0.2) is 17.4 Å². The summed E-state index contributed by atoms with van der Waals surface area (Å²) in [5.74, 6) is -3.61. The van der Waals surface area contributed by atoms with E-state index in [9.17, 15) is 17.4 Å². The van der Waals surface area contributed by atoms with Crippen molar-refractivity contribution in [2.75, 3.05) is 0 Å². The van der Waals surface area contributed by atoms with Crippen LogP contribution in [0.3, 0.4) is 0 Å².